The highest BCUT2D eigenvalue weighted by Gasteiger charge is 2.52. The van der Waals surface area contributed by atoms with Crippen molar-refractivity contribution in [3.8, 4) is 0 Å². The largest absolute Gasteiger partial charge is 0.269 e. The molecule has 0 spiro atoms. The van der Waals surface area contributed by atoms with E-state index in [1.165, 1.54) is 13.8 Å². The third-order valence-electron chi connectivity index (χ3n) is 8.09. The molecule has 0 saturated heterocycles. The zero-order valence-corrected chi connectivity index (χ0v) is 24.7. The van der Waals surface area contributed by atoms with Crippen molar-refractivity contribution in [2.75, 3.05) is 14.7 Å². The number of carbonyl (C=O) groups excluding carboxylic acids is 6. The van der Waals surface area contributed by atoms with Crippen molar-refractivity contribution in [3.05, 3.63) is 123 Å². The number of hydrogen-bond acceptors (Lipinski definition) is 6. The summed E-state index contributed by atoms with van der Waals surface area (Å²) in [5.74, 6) is -4.66. The van der Waals surface area contributed by atoms with Crippen LogP contribution >= 0.6 is 0 Å². The number of nitrogens with zero attached hydrogens (tertiary/aromatic N) is 3. The van der Waals surface area contributed by atoms with Crippen LogP contribution in [0.15, 0.2) is 106 Å². The first kappa shape index (κ1) is 28.4. The lowest BCUT2D eigenvalue weighted by Crippen LogP contribution is -2.34. The molecule has 218 valence electrons. The summed E-state index contributed by atoms with van der Waals surface area (Å²) < 4.78 is 0. The van der Waals surface area contributed by atoms with Crippen molar-refractivity contribution in [1.29, 1.82) is 0 Å². The highest BCUT2D eigenvalue weighted by Crippen LogP contribution is 2.43. The van der Waals surface area contributed by atoms with Crippen molar-refractivity contribution in [2.45, 2.75) is 34.6 Å². The Morgan fingerprint density at radius 3 is 0.818 bits per heavy atom. The van der Waals surface area contributed by atoms with Gasteiger partial charge in [0.05, 0.1) is 39.4 Å². The molecule has 0 aliphatic carbocycles. The van der Waals surface area contributed by atoms with Crippen LogP contribution in [0, 0.1) is 20.8 Å². The van der Waals surface area contributed by atoms with Crippen LogP contribution in [0.1, 0.15) is 30.5 Å². The molecule has 3 aromatic rings. The van der Waals surface area contributed by atoms with E-state index in [2.05, 4.69) is 0 Å². The molecule has 0 bridgehead atoms. The van der Waals surface area contributed by atoms with Crippen molar-refractivity contribution in [1.82, 2.24) is 0 Å². The van der Waals surface area contributed by atoms with Gasteiger partial charge >= 0.3 is 0 Å². The lowest BCUT2D eigenvalue weighted by Gasteiger charge is -2.17. The van der Waals surface area contributed by atoms with Gasteiger partial charge in [-0.25, -0.2) is 14.7 Å². The molecule has 9 nitrogen and oxygen atoms in total. The fourth-order valence-corrected chi connectivity index (χ4v) is 5.65. The van der Waals surface area contributed by atoms with E-state index in [1.54, 1.807) is 72.8 Å². The molecule has 6 rings (SSSR count). The number of benzene rings is 3. The monoisotopic (exact) mass is 585 g/mol. The van der Waals surface area contributed by atoms with Gasteiger partial charge in [-0.1, -0.05) is 53.1 Å². The Hall–Kier alpha value is -5.70. The lowest BCUT2D eigenvalue weighted by atomic mass is 9.92. The van der Waals surface area contributed by atoms with Crippen LogP contribution in [0.4, 0.5) is 17.1 Å². The van der Waals surface area contributed by atoms with Crippen molar-refractivity contribution in [3.63, 3.8) is 0 Å². The molecule has 0 fully saturated rings. The first-order chi connectivity index (χ1) is 20.9. The molecule has 0 unspecified atom stereocenters. The summed E-state index contributed by atoms with van der Waals surface area (Å²) in [5, 5.41) is 0. The topological polar surface area (TPSA) is 112 Å². The van der Waals surface area contributed by atoms with Crippen LogP contribution in [0.2, 0.25) is 0 Å². The average molecular weight is 586 g/mol. The van der Waals surface area contributed by atoms with Crippen LogP contribution < -0.4 is 14.7 Å². The minimum atomic E-state index is -0.871. The van der Waals surface area contributed by atoms with Crippen LogP contribution in [0.3, 0.4) is 0 Å². The summed E-state index contributed by atoms with van der Waals surface area (Å²) in [5.41, 5.74) is 2.06. The van der Waals surface area contributed by atoms with Crippen LogP contribution in [-0.2, 0) is 28.8 Å². The van der Waals surface area contributed by atoms with E-state index in [4.69, 9.17) is 0 Å². The Morgan fingerprint density at radius 2 is 0.545 bits per heavy atom. The van der Waals surface area contributed by atoms with E-state index >= 15 is 0 Å². The van der Waals surface area contributed by atoms with E-state index in [9.17, 15) is 28.8 Å². The Morgan fingerprint density at radius 1 is 0.318 bits per heavy atom. The standard InChI is InChI=1S/C35H27N3O6/c1-18-6-12-23(13-7-18)36-30(39)21(4)26(32(36)41)28-29(35(44)38(34(28)43)25-16-10-20(3)11-17-25)27-22(5)31(40)37(33(27)42)24-14-8-19(2)9-15-24/h6-17H,1-5H3. The van der Waals surface area contributed by atoms with E-state index in [1.807, 2.05) is 20.8 Å². The minimum absolute atomic E-state index is 0.0552. The second kappa shape index (κ2) is 10.2. The van der Waals surface area contributed by atoms with E-state index < -0.39 is 35.4 Å². The molecular formula is C35H27N3O6. The summed E-state index contributed by atoms with van der Waals surface area (Å²) in [6, 6.07) is 20.0. The summed E-state index contributed by atoms with van der Waals surface area (Å²) in [4.78, 5) is 86.2. The van der Waals surface area contributed by atoms with Crippen LogP contribution in [0.25, 0.3) is 0 Å². The Labute approximate surface area is 253 Å². The fraction of sp³-hybridized carbons (Fsp3) is 0.143. The van der Waals surface area contributed by atoms with Crippen molar-refractivity contribution < 1.29 is 28.8 Å². The van der Waals surface area contributed by atoms with Crippen molar-refractivity contribution >= 4 is 52.5 Å². The third kappa shape index (κ3) is 4.16. The fourth-order valence-electron chi connectivity index (χ4n) is 5.65. The summed E-state index contributed by atoms with van der Waals surface area (Å²) in [7, 11) is 0. The molecule has 9 heteroatoms. The number of amides is 6. The Balaban J connectivity index is 1.55. The maximum Gasteiger partial charge on any atom is 0.267 e. The van der Waals surface area contributed by atoms with Gasteiger partial charge < -0.3 is 0 Å². The maximum absolute atomic E-state index is 14.2. The smallest absolute Gasteiger partial charge is 0.267 e. The van der Waals surface area contributed by atoms with Crippen LogP contribution in [0.5, 0.6) is 0 Å². The molecule has 6 amide bonds. The molecule has 0 radical (unpaired) electrons. The predicted molar refractivity (Wildman–Crippen MR) is 163 cm³/mol. The number of carbonyl (C=O) groups is 6. The van der Waals surface area contributed by atoms with Gasteiger partial charge in [0.1, 0.15) is 0 Å². The molecule has 3 aliphatic heterocycles. The van der Waals surface area contributed by atoms with Crippen LogP contribution in [-0.4, -0.2) is 35.4 Å². The van der Waals surface area contributed by atoms with Gasteiger partial charge in [-0.2, -0.15) is 0 Å². The number of anilines is 3. The Kier molecular flexibility index (Phi) is 6.61. The number of rotatable bonds is 5. The first-order valence-electron chi connectivity index (χ1n) is 14.0. The molecule has 0 saturated carbocycles. The number of aryl methyl sites for hydroxylation is 3. The second-order valence-electron chi connectivity index (χ2n) is 11.1. The van der Waals surface area contributed by atoms with Gasteiger partial charge in [0.15, 0.2) is 0 Å². The molecule has 0 N–H and O–H groups in total. The SMILES string of the molecule is CC1=C(C2=C(C3=C(C)C(=O)N(c4ccc(C)cc4)C3=O)C(=O)N(c3ccc(C)cc3)C2=O)C(=O)N(c2ccc(C)cc2)C1=O. The highest BCUT2D eigenvalue weighted by molar-refractivity contribution is 6.46. The number of hydrogen-bond donors (Lipinski definition) is 0. The Bertz CT molecular complexity index is 1820. The normalized spacial score (nSPS) is 17.5. The van der Waals surface area contributed by atoms with E-state index in [-0.39, 0.29) is 39.1 Å². The lowest BCUT2D eigenvalue weighted by molar-refractivity contribution is -0.123. The molecule has 0 atom stereocenters. The second-order valence-corrected chi connectivity index (χ2v) is 11.1. The molecule has 3 aromatic carbocycles. The van der Waals surface area contributed by atoms with Gasteiger partial charge in [0.25, 0.3) is 35.4 Å². The van der Waals surface area contributed by atoms with E-state index in [0.29, 0.717) is 11.4 Å². The summed E-state index contributed by atoms with van der Waals surface area (Å²) in [6.45, 7) is 8.38. The molecule has 3 heterocycles. The maximum atomic E-state index is 14.2. The summed E-state index contributed by atoms with van der Waals surface area (Å²) >= 11 is 0. The zero-order valence-electron chi connectivity index (χ0n) is 24.7. The predicted octanol–water partition coefficient (Wildman–Crippen LogP) is 4.56. The minimum Gasteiger partial charge on any atom is -0.269 e. The summed E-state index contributed by atoms with van der Waals surface area (Å²) in [6.07, 6.45) is 0. The highest BCUT2D eigenvalue weighted by atomic mass is 16.2. The zero-order chi connectivity index (χ0) is 31.6. The molecular weight excluding hydrogens is 558 g/mol. The van der Waals surface area contributed by atoms with Crippen molar-refractivity contribution in [2.24, 2.45) is 0 Å². The van der Waals surface area contributed by atoms with Gasteiger partial charge in [0.2, 0.25) is 0 Å². The molecule has 3 aliphatic rings. The van der Waals surface area contributed by atoms with Gasteiger partial charge in [-0.15, -0.1) is 0 Å². The van der Waals surface area contributed by atoms with Gasteiger partial charge in [0, 0.05) is 11.1 Å². The first-order valence-corrected chi connectivity index (χ1v) is 14.0. The quantitative estimate of drug-likeness (QED) is 0.406. The molecule has 0 aromatic heterocycles. The van der Waals surface area contributed by atoms with E-state index in [0.717, 1.165) is 31.4 Å². The average Bonchev–Trinajstić information content (AvgIpc) is 3.46. The van der Waals surface area contributed by atoms with Gasteiger partial charge in [-0.3, -0.25) is 28.8 Å². The number of imide groups is 3. The molecule has 44 heavy (non-hydrogen) atoms. The third-order valence-corrected chi connectivity index (χ3v) is 8.09. The van der Waals surface area contributed by atoms with Gasteiger partial charge in [-0.05, 0) is 71.0 Å².